The van der Waals surface area contributed by atoms with Gasteiger partial charge in [-0.3, -0.25) is 4.79 Å². The number of carbonyl (C=O) groups excluding carboxylic acids is 1. The number of nitrogens with two attached hydrogens (primary N) is 1. The number of aromatic nitrogens is 2. The van der Waals surface area contributed by atoms with Gasteiger partial charge < -0.3 is 15.6 Å². The molecule has 0 aliphatic carbocycles. The van der Waals surface area contributed by atoms with Gasteiger partial charge in [0.15, 0.2) is 0 Å². The first kappa shape index (κ1) is 10.2. The third-order valence-electron chi connectivity index (χ3n) is 1.66. The van der Waals surface area contributed by atoms with Crippen molar-refractivity contribution >= 4 is 5.91 Å². The minimum atomic E-state index is -0.223. The Balaban J connectivity index is 2.52. The Hall–Kier alpha value is -1.87. The van der Waals surface area contributed by atoms with Gasteiger partial charge in [-0.05, 0) is 0 Å². The second-order valence-corrected chi connectivity index (χ2v) is 2.61. The second kappa shape index (κ2) is 4.99. The third-order valence-corrected chi connectivity index (χ3v) is 1.66. The van der Waals surface area contributed by atoms with Crippen LogP contribution < -0.4 is 11.1 Å². The average Bonchev–Trinajstić information content (AvgIpc) is 2.62. The van der Waals surface area contributed by atoms with Gasteiger partial charge in [0.1, 0.15) is 18.9 Å². The highest BCUT2D eigenvalue weighted by atomic mass is 16.1. The quantitative estimate of drug-likeness (QED) is 0.598. The minimum absolute atomic E-state index is 0.0193. The van der Waals surface area contributed by atoms with Crippen LogP contribution in [0.1, 0.15) is 5.82 Å². The minimum Gasteiger partial charge on any atom is -0.341 e. The van der Waals surface area contributed by atoms with Gasteiger partial charge in [-0.25, -0.2) is 4.98 Å². The maximum absolute atomic E-state index is 11.2. The average molecular weight is 193 g/mol. The van der Waals surface area contributed by atoms with Gasteiger partial charge in [0, 0.05) is 12.4 Å². The Morgan fingerprint density at radius 3 is 3.21 bits per heavy atom. The highest BCUT2D eigenvalue weighted by molar-refractivity contribution is 5.75. The Morgan fingerprint density at radius 1 is 1.79 bits per heavy atom. The normalized spacial score (nSPS) is 9.43. The van der Waals surface area contributed by atoms with Crippen molar-refractivity contribution in [1.82, 2.24) is 14.9 Å². The number of hydrogen-bond acceptors (Lipinski definition) is 4. The Labute approximate surface area is 81.3 Å². The first-order chi connectivity index (χ1) is 6.77. The summed E-state index contributed by atoms with van der Waals surface area (Å²) in [7, 11) is 0. The molecule has 0 aliphatic rings. The molecule has 0 aliphatic heterocycles. The molecule has 0 saturated heterocycles. The maximum atomic E-state index is 11.2. The Bertz CT molecular complexity index is 351. The van der Waals surface area contributed by atoms with Crippen molar-refractivity contribution in [3.05, 3.63) is 18.2 Å². The van der Waals surface area contributed by atoms with Crippen LogP contribution in [0.25, 0.3) is 0 Å². The molecule has 74 valence electrons. The van der Waals surface area contributed by atoms with Crippen LogP contribution in [0.3, 0.4) is 0 Å². The SMILES string of the molecule is N#CCNC(=O)Cn1ccnc1CN. The molecule has 0 fully saturated rings. The fourth-order valence-corrected chi connectivity index (χ4v) is 1.02. The highest BCUT2D eigenvalue weighted by Crippen LogP contribution is 1.95. The molecule has 14 heavy (non-hydrogen) atoms. The smallest absolute Gasteiger partial charge is 0.240 e. The Morgan fingerprint density at radius 2 is 2.57 bits per heavy atom. The summed E-state index contributed by atoms with van der Waals surface area (Å²) in [5, 5.41) is 10.7. The molecular weight excluding hydrogens is 182 g/mol. The van der Waals surface area contributed by atoms with Crippen LogP contribution in [0.2, 0.25) is 0 Å². The topological polar surface area (TPSA) is 96.7 Å². The van der Waals surface area contributed by atoms with E-state index in [0.29, 0.717) is 12.4 Å². The molecule has 0 saturated carbocycles. The fourth-order valence-electron chi connectivity index (χ4n) is 1.02. The summed E-state index contributed by atoms with van der Waals surface area (Å²) < 4.78 is 1.65. The molecule has 6 nitrogen and oxygen atoms in total. The van der Waals surface area contributed by atoms with E-state index in [2.05, 4.69) is 10.3 Å². The van der Waals surface area contributed by atoms with Gasteiger partial charge in [0.25, 0.3) is 0 Å². The Kier molecular flexibility index (Phi) is 3.64. The van der Waals surface area contributed by atoms with Crippen molar-refractivity contribution in [2.45, 2.75) is 13.1 Å². The zero-order valence-corrected chi connectivity index (χ0v) is 7.60. The van der Waals surface area contributed by atoms with Crippen LogP contribution in [-0.4, -0.2) is 22.0 Å². The van der Waals surface area contributed by atoms with Crippen molar-refractivity contribution in [3.63, 3.8) is 0 Å². The van der Waals surface area contributed by atoms with E-state index in [-0.39, 0.29) is 19.0 Å². The predicted octanol–water partition coefficient (Wildman–Crippen LogP) is -1.02. The molecule has 0 bridgehead atoms. The van der Waals surface area contributed by atoms with E-state index >= 15 is 0 Å². The molecule has 0 unspecified atom stereocenters. The van der Waals surface area contributed by atoms with E-state index in [4.69, 9.17) is 11.0 Å². The number of carbonyl (C=O) groups is 1. The van der Waals surface area contributed by atoms with Crippen LogP contribution in [-0.2, 0) is 17.9 Å². The van der Waals surface area contributed by atoms with Crippen LogP contribution in [0.5, 0.6) is 0 Å². The lowest BCUT2D eigenvalue weighted by atomic mass is 10.5. The summed E-state index contributed by atoms with van der Waals surface area (Å²) in [5.41, 5.74) is 5.40. The lowest BCUT2D eigenvalue weighted by Gasteiger charge is -2.04. The molecule has 0 radical (unpaired) electrons. The van der Waals surface area contributed by atoms with Gasteiger partial charge in [-0.15, -0.1) is 0 Å². The monoisotopic (exact) mass is 193 g/mol. The molecule has 1 aromatic heterocycles. The van der Waals surface area contributed by atoms with E-state index in [0.717, 1.165) is 0 Å². The molecule has 3 N–H and O–H groups in total. The number of nitrogens with one attached hydrogen (secondary N) is 1. The van der Waals surface area contributed by atoms with Crippen molar-refractivity contribution in [2.24, 2.45) is 5.73 Å². The summed E-state index contributed by atoms with van der Waals surface area (Å²) in [6.45, 7) is 0.457. The van der Waals surface area contributed by atoms with E-state index in [1.807, 2.05) is 6.07 Å². The molecule has 1 aromatic rings. The van der Waals surface area contributed by atoms with Gasteiger partial charge in [0.2, 0.25) is 5.91 Å². The van der Waals surface area contributed by atoms with E-state index in [9.17, 15) is 4.79 Å². The number of rotatable bonds is 4. The van der Waals surface area contributed by atoms with Crippen LogP contribution in [0.4, 0.5) is 0 Å². The van der Waals surface area contributed by atoms with Crippen LogP contribution in [0, 0.1) is 11.3 Å². The molecule has 1 heterocycles. The van der Waals surface area contributed by atoms with Crippen molar-refractivity contribution in [2.75, 3.05) is 6.54 Å². The summed E-state index contributed by atoms with van der Waals surface area (Å²) in [6.07, 6.45) is 3.26. The molecule has 1 amide bonds. The molecular formula is C8H11N5O. The highest BCUT2D eigenvalue weighted by Gasteiger charge is 2.05. The zero-order chi connectivity index (χ0) is 10.4. The van der Waals surface area contributed by atoms with Crippen LogP contribution in [0.15, 0.2) is 12.4 Å². The van der Waals surface area contributed by atoms with Crippen molar-refractivity contribution < 1.29 is 4.79 Å². The molecule has 1 rings (SSSR count). The molecule has 0 atom stereocenters. The van der Waals surface area contributed by atoms with Gasteiger partial charge in [0.05, 0.1) is 12.6 Å². The number of imidazole rings is 1. The predicted molar refractivity (Wildman–Crippen MR) is 48.7 cm³/mol. The molecule has 0 aromatic carbocycles. The van der Waals surface area contributed by atoms with E-state index in [1.54, 1.807) is 17.0 Å². The largest absolute Gasteiger partial charge is 0.341 e. The van der Waals surface area contributed by atoms with E-state index < -0.39 is 0 Å². The number of nitrogens with zero attached hydrogens (tertiary/aromatic N) is 3. The summed E-state index contributed by atoms with van der Waals surface area (Å²) in [4.78, 5) is 15.1. The summed E-state index contributed by atoms with van der Waals surface area (Å²) in [6, 6.07) is 1.83. The number of hydrogen-bond donors (Lipinski definition) is 2. The summed E-state index contributed by atoms with van der Waals surface area (Å²) in [5.74, 6) is 0.427. The third kappa shape index (κ3) is 2.57. The fraction of sp³-hybridized carbons (Fsp3) is 0.375. The van der Waals surface area contributed by atoms with Gasteiger partial charge in [-0.2, -0.15) is 5.26 Å². The van der Waals surface area contributed by atoms with Crippen molar-refractivity contribution in [3.8, 4) is 6.07 Å². The lowest BCUT2D eigenvalue weighted by Crippen LogP contribution is -2.28. The lowest BCUT2D eigenvalue weighted by molar-refractivity contribution is -0.121. The number of nitriles is 1. The van der Waals surface area contributed by atoms with E-state index in [1.165, 1.54) is 0 Å². The zero-order valence-electron chi connectivity index (χ0n) is 7.60. The van der Waals surface area contributed by atoms with Gasteiger partial charge in [-0.1, -0.05) is 0 Å². The van der Waals surface area contributed by atoms with Crippen LogP contribution >= 0.6 is 0 Å². The second-order valence-electron chi connectivity index (χ2n) is 2.61. The molecule has 6 heteroatoms. The van der Waals surface area contributed by atoms with Gasteiger partial charge >= 0.3 is 0 Å². The number of amides is 1. The first-order valence-corrected chi connectivity index (χ1v) is 4.11. The van der Waals surface area contributed by atoms with Crippen molar-refractivity contribution in [1.29, 1.82) is 5.26 Å². The standard InChI is InChI=1S/C8H11N5O/c9-1-2-12-8(14)6-13-4-3-11-7(13)5-10/h3-4H,2,5-6,10H2,(H,12,14). The molecule has 0 spiro atoms. The summed E-state index contributed by atoms with van der Waals surface area (Å²) >= 11 is 0. The first-order valence-electron chi connectivity index (χ1n) is 4.11. The maximum Gasteiger partial charge on any atom is 0.240 e.